The monoisotopic (exact) mass is 277 g/mol. The summed E-state index contributed by atoms with van der Waals surface area (Å²) in [6, 6.07) is 7.01. The van der Waals surface area contributed by atoms with Crippen LogP contribution in [0.25, 0.3) is 0 Å². The average Bonchev–Trinajstić information content (AvgIpc) is 2.38. The molecule has 0 aliphatic rings. The summed E-state index contributed by atoms with van der Waals surface area (Å²) in [5.74, 6) is -0.250. The van der Waals surface area contributed by atoms with Crippen LogP contribution in [-0.4, -0.2) is 30.9 Å². The molecular formula is C15H23N3O2. The highest BCUT2D eigenvalue weighted by Crippen LogP contribution is 2.10. The Morgan fingerprint density at radius 2 is 2.00 bits per heavy atom. The summed E-state index contributed by atoms with van der Waals surface area (Å²) < 4.78 is 0. The molecule has 0 atom stereocenters. The lowest BCUT2D eigenvalue weighted by atomic mass is 10.1. The van der Waals surface area contributed by atoms with Crippen LogP contribution >= 0.6 is 0 Å². The van der Waals surface area contributed by atoms with Crippen molar-refractivity contribution in [2.24, 2.45) is 0 Å². The van der Waals surface area contributed by atoms with E-state index in [2.05, 4.69) is 16.0 Å². The minimum atomic E-state index is -0.139. The Morgan fingerprint density at radius 3 is 2.65 bits per heavy atom. The SMILES string of the molecule is CCCNCC(=O)Nc1cccc(C(=O)NC(C)C)c1. The van der Waals surface area contributed by atoms with Crippen LogP contribution in [0.1, 0.15) is 37.6 Å². The summed E-state index contributed by atoms with van der Waals surface area (Å²) in [6.07, 6.45) is 0.984. The van der Waals surface area contributed by atoms with Crippen molar-refractivity contribution >= 4 is 17.5 Å². The van der Waals surface area contributed by atoms with Gasteiger partial charge in [-0.2, -0.15) is 0 Å². The zero-order valence-corrected chi connectivity index (χ0v) is 12.3. The van der Waals surface area contributed by atoms with Crippen molar-refractivity contribution in [1.29, 1.82) is 0 Å². The van der Waals surface area contributed by atoms with Crippen molar-refractivity contribution in [3.8, 4) is 0 Å². The van der Waals surface area contributed by atoms with E-state index in [1.165, 1.54) is 0 Å². The molecule has 110 valence electrons. The van der Waals surface area contributed by atoms with Gasteiger partial charge < -0.3 is 16.0 Å². The third kappa shape index (κ3) is 5.84. The zero-order chi connectivity index (χ0) is 15.0. The fourth-order valence-corrected chi connectivity index (χ4v) is 1.67. The Kier molecular flexibility index (Phi) is 6.73. The van der Waals surface area contributed by atoms with Crippen LogP contribution in [0, 0.1) is 0 Å². The molecule has 5 heteroatoms. The molecule has 2 amide bonds. The van der Waals surface area contributed by atoms with E-state index in [-0.39, 0.29) is 24.4 Å². The molecule has 0 radical (unpaired) electrons. The molecule has 0 saturated heterocycles. The third-order valence-electron chi connectivity index (χ3n) is 2.54. The van der Waals surface area contributed by atoms with E-state index in [1.54, 1.807) is 24.3 Å². The van der Waals surface area contributed by atoms with Crippen LogP contribution in [0.5, 0.6) is 0 Å². The summed E-state index contributed by atoms with van der Waals surface area (Å²) in [4.78, 5) is 23.5. The lowest BCUT2D eigenvalue weighted by Gasteiger charge is -2.10. The van der Waals surface area contributed by atoms with E-state index in [9.17, 15) is 9.59 Å². The highest BCUT2D eigenvalue weighted by atomic mass is 16.2. The van der Waals surface area contributed by atoms with Gasteiger partial charge in [0.1, 0.15) is 0 Å². The Morgan fingerprint density at radius 1 is 1.25 bits per heavy atom. The van der Waals surface area contributed by atoms with E-state index >= 15 is 0 Å². The number of rotatable bonds is 7. The molecule has 0 saturated carbocycles. The van der Waals surface area contributed by atoms with Crippen molar-refractivity contribution in [2.75, 3.05) is 18.4 Å². The van der Waals surface area contributed by atoms with E-state index in [4.69, 9.17) is 0 Å². The Labute approximate surface area is 120 Å². The summed E-state index contributed by atoms with van der Waals surface area (Å²) in [6.45, 7) is 6.94. The maximum atomic E-state index is 11.9. The van der Waals surface area contributed by atoms with Gasteiger partial charge in [-0.15, -0.1) is 0 Å². The minimum absolute atomic E-state index is 0.0824. The van der Waals surface area contributed by atoms with Gasteiger partial charge in [-0.05, 0) is 45.0 Å². The van der Waals surface area contributed by atoms with Crippen molar-refractivity contribution in [3.05, 3.63) is 29.8 Å². The molecule has 3 N–H and O–H groups in total. The predicted octanol–water partition coefficient (Wildman–Crippen LogP) is 1.76. The fourth-order valence-electron chi connectivity index (χ4n) is 1.67. The Bertz CT molecular complexity index is 458. The van der Waals surface area contributed by atoms with Crippen LogP contribution in [0.15, 0.2) is 24.3 Å². The van der Waals surface area contributed by atoms with E-state index in [0.29, 0.717) is 11.3 Å². The van der Waals surface area contributed by atoms with Crippen molar-refractivity contribution in [3.63, 3.8) is 0 Å². The molecule has 0 aromatic heterocycles. The molecule has 0 aliphatic carbocycles. The third-order valence-corrected chi connectivity index (χ3v) is 2.54. The number of amides is 2. The van der Waals surface area contributed by atoms with Gasteiger partial charge >= 0.3 is 0 Å². The molecule has 1 aromatic carbocycles. The smallest absolute Gasteiger partial charge is 0.251 e. The summed E-state index contributed by atoms with van der Waals surface area (Å²) >= 11 is 0. The Balaban J connectivity index is 2.59. The minimum Gasteiger partial charge on any atom is -0.350 e. The molecule has 0 heterocycles. The maximum Gasteiger partial charge on any atom is 0.251 e. The first-order valence-electron chi connectivity index (χ1n) is 6.94. The summed E-state index contributed by atoms with van der Waals surface area (Å²) in [5, 5.41) is 8.61. The molecule has 0 fully saturated rings. The van der Waals surface area contributed by atoms with Gasteiger partial charge in [0.15, 0.2) is 0 Å². The van der Waals surface area contributed by atoms with E-state index in [1.807, 2.05) is 20.8 Å². The number of carbonyl (C=O) groups is 2. The lowest BCUT2D eigenvalue weighted by molar-refractivity contribution is -0.115. The second-order valence-corrected chi connectivity index (χ2v) is 4.93. The lowest BCUT2D eigenvalue weighted by Crippen LogP contribution is -2.30. The number of nitrogens with one attached hydrogen (secondary N) is 3. The van der Waals surface area contributed by atoms with Gasteiger partial charge in [-0.25, -0.2) is 0 Å². The second kappa shape index (κ2) is 8.32. The first-order chi connectivity index (χ1) is 9.52. The van der Waals surface area contributed by atoms with Gasteiger partial charge in [0.2, 0.25) is 5.91 Å². The number of anilines is 1. The molecule has 0 spiro atoms. The van der Waals surface area contributed by atoms with Gasteiger partial charge in [0.05, 0.1) is 6.54 Å². The van der Waals surface area contributed by atoms with Crippen LogP contribution in [0.4, 0.5) is 5.69 Å². The van der Waals surface area contributed by atoms with Crippen LogP contribution < -0.4 is 16.0 Å². The van der Waals surface area contributed by atoms with E-state index in [0.717, 1.165) is 13.0 Å². The van der Waals surface area contributed by atoms with Crippen molar-refractivity contribution in [2.45, 2.75) is 33.2 Å². The quantitative estimate of drug-likeness (QED) is 0.665. The van der Waals surface area contributed by atoms with Crippen LogP contribution in [0.3, 0.4) is 0 Å². The molecule has 0 bridgehead atoms. The Hall–Kier alpha value is -1.88. The summed E-state index contributed by atoms with van der Waals surface area (Å²) in [5.41, 5.74) is 1.17. The molecular weight excluding hydrogens is 254 g/mol. The first-order valence-corrected chi connectivity index (χ1v) is 6.94. The molecule has 1 aromatic rings. The van der Waals surface area contributed by atoms with Gasteiger partial charge in [0.25, 0.3) is 5.91 Å². The largest absolute Gasteiger partial charge is 0.350 e. The standard InChI is InChI=1S/C15H23N3O2/c1-4-8-16-10-14(19)18-13-7-5-6-12(9-13)15(20)17-11(2)3/h5-7,9,11,16H,4,8,10H2,1-3H3,(H,17,20)(H,18,19). The highest BCUT2D eigenvalue weighted by molar-refractivity contribution is 5.97. The van der Waals surface area contributed by atoms with Crippen LogP contribution in [0.2, 0.25) is 0 Å². The number of benzene rings is 1. The number of hydrogen-bond acceptors (Lipinski definition) is 3. The topological polar surface area (TPSA) is 70.2 Å². The zero-order valence-electron chi connectivity index (χ0n) is 12.3. The molecule has 20 heavy (non-hydrogen) atoms. The molecule has 5 nitrogen and oxygen atoms in total. The summed E-state index contributed by atoms with van der Waals surface area (Å²) in [7, 11) is 0. The number of carbonyl (C=O) groups excluding carboxylic acids is 2. The fraction of sp³-hybridized carbons (Fsp3) is 0.467. The van der Waals surface area contributed by atoms with Gasteiger partial charge in [-0.1, -0.05) is 13.0 Å². The predicted molar refractivity (Wildman–Crippen MR) is 80.8 cm³/mol. The molecule has 0 aliphatic heterocycles. The van der Waals surface area contributed by atoms with Gasteiger partial charge in [0, 0.05) is 17.3 Å². The second-order valence-electron chi connectivity index (χ2n) is 4.93. The van der Waals surface area contributed by atoms with Crippen molar-refractivity contribution in [1.82, 2.24) is 10.6 Å². The maximum absolute atomic E-state index is 11.9. The molecule has 1 rings (SSSR count). The normalized spacial score (nSPS) is 10.4. The highest BCUT2D eigenvalue weighted by Gasteiger charge is 2.08. The van der Waals surface area contributed by atoms with E-state index < -0.39 is 0 Å². The first kappa shape index (κ1) is 16.2. The average molecular weight is 277 g/mol. The number of hydrogen-bond donors (Lipinski definition) is 3. The van der Waals surface area contributed by atoms with Crippen molar-refractivity contribution < 1.29 is 9.59 Å². The van der Waals surface area contributed by atoms with Crippen LogP contribution in [-0.2, 0) is 4.79 Å². The van der Waals surface area contributed by atoms with Gasteiger partial charge in [-0.3, -0.25) is 9.59 Å². The molecule has 0 unspecified atom stereocenters.